The van der Waals surface area contributed by atoms with Crippen molar-refractivity contribution in [1.82, 2.24) is 0 Å². The first-order valence-electron chi connectivity index (χ1n) is 13.4. The summed E-state index contributed by atoms with van der Waals surface area (Å²) in [5.74, 6) is -4.80. The molecule has 0 amide bonds. The van der Waals surface area contributed by atoms with Crippen LogP contribution < -0.4 is 0 Å². The van der Waals surface area contributed by atoms with Crippen LogP contribution in [0, 0.1) is 0 Å². The number of carboxylic acid groups (broad SMARTS) is 1. The van der Waals surface area contributed by atoms with Gasteiger partial charge in [-0.2, -0.15) is 0 Å². The first-order valence-corrected chi connectivity index (χ1v) is 14.9. The lowest BCUT2D eigenvalue weighted by molar-refractivity contribution is -0.357. The van der Waals surface area contributed by atoms with E-state index >= 15 is 0 Å². The van der Waals surface area contributed by atoms with Gasteiger partial charge in [-0.15, -0.1) is 34.8 Å². The van der Waals surface area contributed by atoms with Crippen LogP contribution in [-0.2, 0) is 28.5 Å². The molecule has 16 nitrogen and oxygen atoms in total. The molecule has 0 aromatic rings. The van der Waals surface area contributed by atoms with E-state index in [1.165, 1.54) is 0 Å². The number of unbranched alkanes of at least 4 members (excludes halogenated alkanes) is 1. The van der Waals surface area contributed by atoms with E-state index in [0.29, 0.717) is 0 Å². The second-order valence-corrected chi connectivity index (χ2v) is 11.5. The third-order valence-corrected chi connectivity index (χ3v) is 8.39. The van der Waals surface area contributed by atoms with Crippen molar-refractivity contribution in [1.29, 1.82) is 0 Å². The lowest BCUT2D eigenvalue weighted by atomic mass is 9.92. The van der Waals surface area contributed by atoms with Gasteiger partial charge in [0.1, 0.15) is 61.5 Å². The number of hydrogen-bond donors (Lipinski definition) is 10. The van der Waals surface area contributed by atoms with Gasteiger partial charge < -0.3 is 70.0 Å². The monoisotopic (exact) mass is 688 g/mol. The number of carbonyl (C=O) groups excluding carboxylic acids is 1. The van der Waals surface area contributed by atoms with Gasteiger partial charge in [-0.3, -0.25) is 9.59 Å². The maximum Gasteiger partial charge on any atom is 0.305 e. The summed E-state index contributed by atoms with van der Waals surface area (Å²) in [4.78, 5) is 22.2. The Hall–Kier alpha value is -0.670. The number of ether oxygens (including phenoxy) is 4. The number of esters is 1. The molecular formula is C24H39Cl3O16. The number of carboxylic acids is 1. The molecule has 2 fully saturated rings. The van der Waals surface area contributed by atoms with Crippen LogP contribution in [0.3, 0.4) is 0 Å². The summed E-state index contributed by atoms with van der Waals surface area (Å²) in [6.45, 7) is -0.785. The van der Waals surface area contributed by atoms with Crippen LogP contribution in [0.5, 0.6) is 0 Å². The van der Waals surface area contributed by atoms with Crippen LogP contribution in [0.1, 0.15) is 32.1 Å². The van der Waals surface area contributed by atoms with Crippen molar-refractivity contribution in [2.24, 2.45) is 0 Å². The average molecular weight is 690 g/mol. The maximum absolute atomic E-state index is 11.7. The summed E-state index contributed by atoms with van der Waals surface area (Å²) in [6.07, 6.45) is -21.9. The molecule has 2 saturated heterocycles. The first-order chi connectivity index (χ1) is 20.1. The fourth-order valence-corrected chi connectivity index (χ4v) is 5.37. The zero-order valence-corrected chi connectivity index (χ0v) is 25.0. The summed E-state index contributed by atoms with van der Waals surface area (Å²) in [5, 5.41) is 100. The molecule has 0 spiro atoms. The molecule has 2 aliphatic rings. The number of carbonyl (C=O) groups is 2. The largest absolute Gasteiger partial charge is 0.481 e. The summed E-state index contributed by atoms with van der Waals surface area (Å²) in [5.41, 5.74) is 0. The third kappa shape index (κ3) is 9.91. The van der Waals surface area contributed by atoms with Crippen molar-refractivity contribution < 1.29 is 79.6 Å². The normalized spacial score (nSPS) is 36.5. The van der Waals surface area contributed by atoms with Gasteiger partial charge in [0.15, 0.2) is 6.29 Å². The molecule has 2 aliphatic heterocycles. The zero-order chi connectivity index (χ0) is 32.6. The molecule has 2 rings (SSSR count). The standard InChI is InChI=1S/C24H39Cl3O16/c25-6-12-18(35)22(39)24(8-26,42-12)43-23-21(38)19(36)15(27)11(41-23)5-9(28)16(33)20(37)17(34)10(29)7-40-14(32)4-2-1-3-13(30)31/h9-12,15-23,28-29,33-39H,1-8H2,(H,30,31)/t9?,10?,11-,12+,15+,16?,17?,18?,19+,20?,21-,22?,23-,24+/m1/s1. The van der Waals surface area contributed by atoms with Crippen molar-refractivity contribution in [3.63, 3.8) is 0 Å². The Kier molecular flexibility index (Phi) is 15.5. The van der Waals surface area contributed by atoms with Crippen LogP contribution in [0.15, 0.2) is 0 Å². The predicted molar refractivity (Wildman–Crippen MR) is 144 cm³/mol. The van der Waals surface area contributed by atoms with Gasteiger partial charge in [-0.1, -0.05) is 0 Å². The fraction of sp³-hybridized carbons (Fsp3) is 0.917. The highest BCUT2D eigenvalue weighted by molar-refractivity contribution is 6.21. The van der Waals surface area contributed by atoms with Crippen molar-refractivity contribution in [2.75, 3.05) is 18.4 Å². The number of alkyl halides is 3. The molecule has 0 aromatic heterocycles. The Morgan fingerprint density at radius 2 is 1.44 bits per heavy atom. The molecule has 14 atom stereocenters. The number of aliphatic hydroxyl groups excluding tert-OH is 9. The molecule has 7 unspecified atom stereocenters. The topological polar surface area (TPSA) is 273 Å². The van der Waals surface area contributed by atoms with E-state index in [2.05, 4.69) is 0 Å². The van der Waals surface area contributed by atoms with Crippen LogP contribution in [-0.4, -0.2) is 166 Å². The van der Waals surface area contributed by atoms with Gasteiger partial charge in [0.05, 0.1) is 29.3 Å². The molecule has 19 heteroatoms. The van der Waals surface area contributed by atoms with Gasteiger partial charge in [-0.05, 0) is 12.8 Å². The van der Waals surface area contributed by atoms with Gasteiger partial charge >= 0.3 is 11.9 Å². The van der Waals surface area contributed by atoms with Crippen LogP contribution >= 0.6 is 34.8 Å². The summed E-state index contributed by atoms with van der Waals surface area (Å²) in [6, 6.07) is 0. The van der Waals surface area contributed by atoms with Crippen molar-refractivity contribution in [3.05, 3.63) is 0 Å². The van der Waals surface area contributed by atoms with Crippen molar-refractivity contribution in [3.8, 4) is 0 Å². The Morgan fingerprint density at radius 1 is 0.837 bits per heavy atom. The third-order valence-electron chi connectivity index (χ3n) is 7.18. The van der Waals surface area contributed by atoms with Gasteiger partial charge in [-0.25, -0.2) is 0 Å². The van der Waals surface area contributed by atoms with E-state index in [9.17, 15) is 55.5 Å². The van der Waals surface area contributed by atoms with Gasteiger partial charge in [0.2, 0.25) is 5.79 Å². The molecular weight excluding hydrogens is 651 g/mol. The van der Waals surface area contributed by atoms with E-state index in [1.54, 1.807) is 0 Å². The smallest absolute Gasteiger partial charge is 0.305 e. The SMILES string of the molecule is O=C(O)CCCCC(=O)OCC(O)C(O)C(O)C(O)C(O)C[C@H]1O[C@H](O[C@]2(CCl)O[C@@H](CCl)C(O)C2O)[C@H](O)[C@@H](O)[C@H]1Cl. The summed E-state index contributed by atoms with van der Waals surface area (Å²) < 4.78 is 21.4. The Labute approximate surface area is 261 Å². The second kappa shape index (κ2) is 17.3. The molecule has 0 saturated carbocycles. The van der Waals surface area contributed by atoms with E-state index in [-0.39, 0.29) is 31.6 Å². The fourth-order valence-electron chi connectivity index (χ4n) is 4.53. The van der Waals surface area contributed by atoms with Crippen LogP contribution in [0.4, 0.5) is 0 Å². The molecule has 0 radical (unpaired) electrons. The highest BCUT2D eigenvalue weighted by Crippen LogP contribution is 2.38. The molecule has 10 N–H and O–H groups in total. The van der Waals surface area contributed by atoms with E-state index < -0.39 is 115 Å². The quantitative estimate of drug-likeness (QED) is 0.0408. The summed E-state index contributed by atoms with van der Waals surface area (Å²) in [7, 11) is 0. The highest BCUT2D eigenvalue weighted by atomic mass is 35.5. The number of halogens is 3. The molecule has 2 heterocycles. The molecule has 252 valence electrons. The lowest BCUT2D eigenvalue weighted by Gasteiger charge is -2.44. The summed E-state index contributed by atoms with van der Waals surface area (Å²) >= 11 is 17.8. The number of aliphatic hydroxyl groups is 9. The van der Waals surface area contributed by atoms with E-state index in [4.69, 9.17) is 58.9 Å². The minimum absolute atomic E-state index is 0.143. The van der Waals surface area contributed by atoms with Crippen LogP contribution in [0.2, 0.25) is 0 Å². The lowest BCUT2D eigenvalue weighted by Crippen LogP contribution is -2.61. The van der Waals surface area contributed by atoms with Crippen molar-refractivity contribution >= 4 is 46.7 Å². The maximum atomic E-state index is 11.7. The highest BCUT2D eigenvalue weighted by Gasteiger charge is 2.58. The zero-order valence-electron chi connectivity index (χ0n) is 22.7. The predicted octanol–water partition coefficient (Wildman–Crippen LogP) is -3.27. The number of aliphatic carboxylic acids is 1. The van der Waals surface area contributed by atoms with Gasteiger partial charge in [0.25, 0.3) is 0 Å². The number of rotatable bonds is 17. The minimum atomic E-state index is -2.19. The second-order valence-electron chi connectivity index (χ2n) is 10.4. The van der Waals surface area contributed by atoms with E-state index in [0.717, 1.165) is 0 Å². The van der Waals surface area contributed by atoms with Gasteiger partial charge in [0, 0.05) is 19.3 Å². The Bertz CT molecular complexity index is 890. The average Bonchev–Trinajstić information content (AvgIpc) is 3.22. The Morgan fingerprint density at radius 3 is 2.00 bits per heavy atom. The molecule has 43 heavy (non-hydrogen) atoms. The van der Waals surface area contributed by atoms with Crippen molar-refractivity contribution in [2.45, 2.75) is 117 Å². The molecule has 0 aliphatic carbocycles. The minimum Gasteiger partial charge on any atom is -0.481 e. The van der Waals surface area contributed by atoms with E-state index in [1.807, 2.05) is 0 Å². The Balaban J connectivity index is 1.97. The molecule has 0 aromatic carbocycles. The first kappa shape index (κ1) is 38.5. The number of hydrogen-bond acceptors (Lipinski definition) is 15. The van der Waals surface area contributed by atoms with Crippen LogP contribution in [0.25, 0.3) is 0 Å². The molecule has 0 bridgehead atoms.